The fraction of sp³-hybridized carbons (Fsp3) is 0.211. The number of aldehydes is 1. The van der Waals surface area contributed by atoms with E-state index >= 15 is 0 Å². The van der Waals surface area contributed by atoms with E-state index in [1.54, 1.807) is 24.3 Å². The number of thioether (sulfide) groups is 1. The number of carbonyl (C=O) groups excluding carboxylic acids is 2. The maximum atomic E-state index is 12.2. The van der Waals surface area contributed by atoms with E-state index in [0.717, 1.165) is 9.37 Å². The van der Waals surface area contributed by atoms with Gasteiger partial charge in [-0.25, -0.2) is 0 Å². The number of amides is 1. The molecular formula is C19H17BrN2O3S. The van der Waals surface area contributed by atoms with Crippen LogP contribution in [-0.2, 0) is 4.79 Å². The van der Waals surface area contributed by atoms with Crippen LogP contribution in [0.1, 0.15) is 23.7 Å². The van der Waals surface area contributed by atoms with Gasteiger partial charge in [0.15, 0.2) is 12.9 Å². The quantitative estimate of drug-likeness (QED) is 0.483. The first-order valence-electron chi connectivity index (χ1n) is 7.83. The zero-order valence-corrected chi connectivity index (χ0v) is 16.5. The van der Waals surface area contributed by atoms with Crippen LogP contribution in [0.2, 0.25) is 0 Å². The van der Waals surface area contributed by atoms with Crippen LogP contribution < -0.4 is 10.1 Å². The van der Waals surface area contributed by atoms with Crippen molar-refractivity contribution in [2.45, 2.75) is 23.5 Å². The molecule has 0 aliphatic heterocycles. The van der Waals surface area contributed by atoms with E-state index < -0.39 is 0 Å². The van der Waals surface area contributed by atoms with Crippen molar-refractivity contribution >= 4 is 45.6 Å². The number of ether oxygens (including phenoxy) is 1. The van der Waals surface area contributed by atoms with E-state index in [9.17, 15) is 9.59 Å². The lowest BCUT2D eigenvalue weighted by Crippen LogP contribution is -2.21. The molecule has 0 heterocycles. The van der Waals surface area contributed by atoms with Crippen LogP contribution in [0.25, 0.3) is 0 Å². The van der Waals surface area contributed by atoms with Gasteiger partial charge in [0, 0.05) is 21.0 Å². The molecule has 0 bridgehead atoms. The lowest BCUT2D eigenvalue weighted by Gasteiger charge is -2.14. The molecule has 26 heavy (non-hydrogen) atoms. The van der Waals surface area contributed by atoms with Gasteiger partial charge in [-0.3, -0.25) is 9.59 Å². The molecule has 0 aliphatic rings. The summed E-state index contributed by atoms with van der Waals surface area (Å²) < 4.78 is 6.22. The highest BCUT2D eigenvalue weighted by Crippen LogP contribution is 2.31. The van der Waals surface area contributed by atoms with Gasteiger partial charge in [0.2, 0.25) is 0 Å². The summed E-state index contributed by atoms with van der Waals surface area (Å²) in [5.41, 5.74) is 1.04. The summed E-state index contributed by atoms with van der Waals surface area (Å²) in [5, 5.41) is 11.7. The van der Waals surface area contributed by atoms with E-state index in [0.29, 0.717) is 29.7 Å². The zero-order valence-electron chi connectivity index (χ0n) is 14.1. The molecule has 0 radical (unpaired) electrons. The summed E-state index contributed by atoms with van der Waals surface area (Å²) in [6.07, 6.45) is 1.11. The van der Waals surface area contributed by atoms with E-state index in [1.807, 2.05) is 25.1 Å². The van der Waals surface area contributed by atoms with Crippen LogP contribution in [0.5, 0.6) is 5.75 Å². The first-order valence-corrected chi connectivity index (χ1v) is 9.50. The average molecular weight is 433 g/mol. The molecule has 0 spiro atoms. The summed E-state index contributed by atoms with van der Waals surface area (Å²) >= 11 is 4.81. The molecule has 1 N–H and O–H groups in total. The predicted octanol–water partition coefficient (Wildman–Crippen LogP) is 4.67. The summed E-state index contributed by atoms with van der Waals surface area (Å²) in [5.74, 6) is 0.0226. The Morgan fingerprint density at radius 2 is 2.15 bits per heavy atom. The Morgan fingerprint density at radius 3 is 2.88 bits per heavy atom. The average Bonchev–Trinajstić information content (AvgIpc) is 2.62. The second-order valence-corrected chi connectivity index (χ2v) is 7.82. The van der Waals surface area contributed by atoms with Crippen molar-refractivity contribution in [3.8, 4) is 11.8 Å². The number of benzene rings is 2. The molecule has 0 fully saturated rings. The summed E-state index contributed by atoms with van der Waals surface area (Å²) in [7, 11) is 0. The molecule has 0 saturated carbocycles. The highest BCUT2D eigenvalue weighted by Gasteiger charge is 2.12. The van der Waals surface area contributed by atoms with Gasteiger partial charge in [-0.15, -0.1) is 11.8 Å². The molecular weight excluding hydrogens is 416 g/mol. The Labute approximate surface area is 164 Å². The van der Waals surface area contributed by atoms with Crippen molar-refractivity contribution < 1.29 is 14.3 Å². The van der Waals surface area contributed by atoms with E-state index in [-0.39, 0.29) is 17.8 Å². The number of rotatable bonds is 8. The molecule has 1 atom stereocenters. The molecule has 1 unspecified atom stereocenters. The van der Waals surface area contributed by atoms with Crippen LogP contribution in [0.3, 0.4) is 0 Å². The summed E-state index contributed by atoms with van der Waals surface area (Å²) in [6.45, 7) is 1.75. The summed E-state index contributed by atoms with van der Waals surface area (Å²) in [4.78, 5) is 24.2. The molecule has 2 aromatic carbocycles. The van der Waals surface area contributed by atoms with E-state index in [4.69, 9.17) is 10.00 Å². The van der Waals surface area contributed by atoms with Crippen LogP contribution >= 0.6 is 27.7 Å². The molecule has 2 aromatic rings. The highest BCUT2D eigenvalue weighted by atomic mass is 79.9. The van der Waals surface area contributed by atoms with Gasteiger partial charge < -0.3 is 10.1 Å². The second kappa shape index (κ2) is 10.00. The number of anilines is 1. The molecule has 0 saturated heterocycles. The minimum Gasteiger partial charge on any atom is -0.483 e. The molecule has 0 aliphatic carbocycles. The fourth-order valence-electron chi connectivity index (χ4n) is 2.13. The van der Waals surface area contributed by atoms with Gasteiger partial charge in [-0.2, -0.15) is 5.26 Å². The van der Waals surface area contributed by atoms with E-state index in [1.165, 1.54) is 11.8 Å². The standard InChI is InChI=1S/C19H17BrN2O3S/c1-13(8-9-21)26-18-5-3-2-4-16(18)22-19(24)12-25-17-7-6-15(20)10-14(17)11-23/h2-7,10-11,13H,8,12H2,1H3,(H,22,24). The molecule has 2 rings (SSSR count). The third-order valence-electron chi connectivity index (χ3n) is 3.33. The third-order valence-corrected chi connectivity index (χ3v) is 5.00. The van der Waals surface area contributed by atoms with Crippen molar-refractivity contribution in [2.24, 2.45) is 0 Å². The monoisotopic (exact) mass is 432 g/mol. The molecule has 7 heteroatoms. The minimum absolute atomic E-state index is 0.118. The minimum atomic E-state index is -0.328. The Hall–Kier alpha value is -2.30. The first-order chi connectivity index (χ1) is 12.5. The van der Waals surface area contributed by atoms with Crippen LogP contribution in [0.15, 0.2) is 51.8 Å². The van der Waals surface area contributed by atoms with Gasteiger partial charge in [0.05, 0.1) is 17.3 Å². The predicted molar refractivity (Wildman–Crippen MR) is 106 cm³/mol. The smallest absolute Gasteiger partial charge is 0.262 e. The van der Waals surface area contributed by atoms with Gasteiger partial charge >= 0.3 is 0 Å². The van der Waals surface area contributed by atoms with Gasteiger partial charge in [0.1, 0.15) is 5.75 Å². The van der Waals surface area contributed by atoms with Crippen molar-refractivity contribution in [3.63, 3.8) is 0 Å². The second-order valence-electron chi connectivity index (χ2n) is 5.42. The number of nitriles is 1. The number of hydrogen-bond donors (Lipinski definition) is 1. The van der Waals surface area contributed by atoms with Crippen LogP contribution in [-0.4, -0.2) is 24.1 Å². The zero-order chi connectivity index (χ0) is 18.9. The lowest BCUT2D eigenvalue weighted by atomic mass is 10.2. The van der Waals surface area contributed by atoms with Gasteiger partial charge in [-0.1, -0.05) is 35.0 Å². The number of hydrogen-bond acceptors (Lipinski definition) is 5. The topological polar surface area (TPSA) is 79.2 Å². The largest absolute Gasteiger partial charge is 0.483 e. The number of nitrogens with zero attached hydrogens (tertiary/aromatic N) is 1. The van der Waals surface area contributed by atoms with Crippen molar-refractivity contribution in [2.75, 3.05) is 11.9 Å². The molecule has 0 aromatic heterocycles. The molecule has 134 valence electrons. The Morgan fingerprint density at radius 1 is 1.38 bits per heavy atom. The van der Waals surface area contributed by atoms with E-state index in [2.05, 4.69) is 27.3 Å². The highest BCUT2D eigenvalue weighted by molar-refractivity contribution is 9.10. The maximum Gasteiger partial charge on any atom is 0.262 e. The number of nitrogens with one attached hydrogen (secondary N) is 1. The Bertz CT molecular complexity index is 836. The Balaban J connectivity index is 2.00. The first kappa shape index (κ1) is 20.0. The lowest BCUT2D eigenvalue weighted by molar-refractivity contribution is -0.118. The number of halogens is 1. The Kier molecular flexibility index (Phi) is 7.70. The normalized spacial score (nSPS) is 11.3. The van der Waals surface area contributed by atoms with Crippen molar-refractivity contribution in [1.82, 2.24) is 0 Å². The third kappa shape index (κ3) is 5.90. The maximum absolute atomic E-state index is 12.2. The molecule has 1 amide bonds. The summed E-state index contributed by atoms with van der Waals surface area (Å²) in [6, 6.07) is 14.5. The van der Waals surface area contributed by atoms with Crippen molar-refractivity contribution in [3.05, 3.63) is 52.5 Å². The van der Waals surface area contributed by atoms with Crippen LogP contribution in [0.4, 0.5) is 5.69 Å². The SMILES string of the molecule is CC(CC#N)Sc1ccccc1NC(=O)COc1ccc(Br)cc1C=O. The van der Waals surface area contributed by atoms with Crippen LogP contribution in [0, 0.1) is 11.3 Å². The number of carbonyl (C=O) groups is 2. The van der Waals surface area contributed by atoms with Gasteiger partial charge in [-0.05, 0) is 30.3 Å². The van der Waals surface area contributed by atoms with Crippen molar-refractivity contribution in [1.29, 1.82) is 5.26 Å². The fourth-order valence-corrected chi connectivity index (χ4v) is 3.51. The number of para-hydroxylation sites is 1. The molecule has 5 nitrogen and oxygen atoms in total. The van der Waals surface area contributed by atoms with Gasteiger partial charge in [0.25, 0.3) is 5.91 Å².